The molecule has 0 saturated heterocycles. The van der Waals surface area contributed by atoms with Gasteiger partial charge in [0.05, 0.1) is 7.11 Å². The molecule has 0 fully saturated rings. The van der Waals surface area contributed by atoms with E-state index in [4.69, 9.17) is 10.6 Å². The van der Waals surface area contributed by atoms with E-state index in [2.05, 4.69) is 33.5 Å². The van der Waals surface area contributed by atoms with Gasteiger partial charge in [0.25, 0.3) is 0 Å². The molecule has 1 aromatic heterocycles. The van der Waals surface area contributed by atoms with Crippen LogP contribution in [0.25, 0.3) is 0 Å². The van der Waals surface area contributed by atoms with Gasteiger partial charge in [0.2, 0.25) is 5.75 Å². The van der Waals surface area contributed by atoms with Crippen molar-refractivity contribution < 1.29 is 4.74 Å². The Labute approximate surface area is 106 Å². The first-order valence-electron chi connectivity index (χ1n) is 5.23. The highest BCUT2D eigenvalue weighted by atomic mass is 32.2. The molecule has 1 unspecified atom stereocenters. The van der Waals surface area contributed by atoms with Crippen LogP contribution in [-0.2, 0) is 0 Å². The lowest BCUT2D eigenvalue weighted by molar-refractivity contribution is 0.412. The predicted octanol–water partition coefficient (Wildman–Crippen LogP) is 0.958. The third-order valence-electron chi connectivity index (χ3n) is 2.53. The zero-order valence-electron chi connectivity index (χ0n) is 10.6. The van der Waals surface area contributed by atoms with Crippen molar-refractivity contribution >= 4 is 23.4 Å². The number of nitrogen functional groups attached to an aromatic ring is 1. The largest absolute Gasteiger partial charge is 0.490 e. The van der Waals surface area contributed by atoms with Crippen molar-refractivity contribution in [3.63, 3.8) is 0 Å². The van der Waals surface area contributed by atoms with E-state index in [-0.39, 0.29) is 0 Å². The highest BCUT2D eigenvalue weighted by Gasteiger charge is 2.18. The van der Waals surface area contributed by atoms with E-state index in [9.17, 15) is 0 Å². The highest BCUT2D eigenvalue weighted by Crippen LogP contribution is 2.31. The van der Waals surface area contributed by atoms with Crippen molar-refractivity contribution in [1.82, 2.24) is 9.97 Å². The summed E-state index contributed by atoms with van der Waals surface area (Å²) in [6.07, 6.45) is 3.55. The Balaban J connectivity index is 3.03. The molecule has 0 saturated carbocycles. The van der Waals surface area contributed by atoms with Gasteiger partial charge in [-0.25, -0.2) is 15.8 Å². The first-order valence-corrected chi connectivity index (χ1v) is 6.62. The number of methoxy groups -OCH3 is 1. The Morgan fingerprint density at radius 3 is 2.82 bits per heavy atom. The maximum absolute atomic E-state index is 5.39. The average Bonchev–Trinajstić information content (AvgIpc) is 2.36. The Kier molecular flexibility index (Phi) is 5.30. The van der Waals surface area contributed by atoms with Crippen LogP contribution in [0.3, 0.4) is 0 Å². The minimum Gasteiger partial charge on any atom is -0.490 e. The Bertz CT molecular complexity index is 363. The molecular formula is C10H19N5OS. The third-order valence-corrected chi connectivity index (χ3v) is 3.34. The molecule has 0 aliphatic carbocycles. The topological polar surface area (TPSA) is 76.3 Å². The van der Waals surface area contributed by atoms with Gasteiger partial charge in [-0.2, -0.15) is 11.8 Å². The van der Waals surface area contributed by atoms with Gasteiger partial charge in [-0.15, -0.1) is 0 Å². The second-order valence-electron chi connectivity index (χ2n) is 3.64. The summed E-state index contributed by atoms with van der Waals surface area (Å²) in [4.78, 5) is 10.3. The number of hydrogen-bond donors (Lipinski definition) is 2. The molecule has 17 heavy (non-hydrogen) atoms. The van der Waals surface area contributed by atoms with E-state index < -0.39 is 0 Å². The first kappa shape index (κ1) is 13.9. The molecule has 0 amide bonds. The van der Waals surface area contributed by atoms with E-state index in [1.54, 1.807) is 18.9 Å². The summed E-state index contributed by atoms with van der Waals surface area (Å²) in [7, 11) is 3.56. The minimum absolute atomic E-state index is 0.347. The summed E-state index contributed by atoms with van der Waals surface area (Å²) in [6, 6.07) is 0.347. The van der Waals surface area contributed by atoms with Crippen LogP contribution in [-0.4, -0.2) is 42.2 Å². The van der Waals surface area contributed by atoms with Gasteiger partial charge in [0.15, 0.2) is 11.6 Å². The van der Waals surface area contributed by atoms with Crippen molar-refractivity contribution in [2.75, 3.05) is 36.5 Å². The lowest BCUT2D eigenvalue weighted by atomic mass is 10.3. The third kappa shape index (κ3) is 3.13. The molecule has 3 N–H and O–H groups in total. The monoisotopic (exact) mass is 257 g/mol. The molecule has 0 spiro atoms. The van der Waals surface area contributed by atoms with Crippen molar-refractivity contribution in [3.8, 4) is 5.75 Å². The molecular weight excluding hydrogens is 238 g/mol. The molecule has 0 bridgehead atoms. The van der Waals surface area contributed by atoms with E-state index in [0.29, 0.717) is 17.6 Å². The van der Waals surface area contributed by atoms with Crippen molar-refractivity contribution in [2.24, 2.45) is 5.84 Å². The lowest BCUT2D eigenvalue weighted by Crippen LogP contribution is -2.32. The lowest BCUT2D eigenvalue weighted by Gasteiger charge is -2.27. The molecule has 7 heteroatoms. The summed E-state index contributed by atoms with van der Waals surface area (Å²) in [6.45, 7) is 2.13. The van der Waals surface area contributed by atoms with Gasteiger partial charge in [-0.3, -0.25) is 0 Å². The number of anilines is 2. The summed E-state index contributed by atoms with van der Waals surface area (Å²) >= 11 is 1.79. The molecule has 0 aromatic carbocycles. The van der Waals surface area contributed by atoms with Gasteiger partial charge in [-0.1, -0.05) is 0 Å². The normalized spacial score (nSPS) is 12.1. The average molecular weight is 257 g/mol. The van der Waals surface area contributed by atoms with Gasteiger partial charge in [0.1, 0.15) is 6.33 Å². The van der Waals surface area contributed by atoms with Crippen LogP contribution in [0.15, 0.2) is 6.33 Å². The maximum atomic E-state index is 5.39. The summed E-state index contributed by atoms with van der Waals surface area (Å²) < 4.78 is 5.30. The quantitative estimate of drug-likeness (QED) is 0.580. The molecule has 1 aromatic rings. The maximum Gasteiger partial charge on any atom is 0.205 e. The smallest absolute Gasteiger partial charge is 0.205 e. The number of hydrazine groups is 1. The summed E-state index contributed by atoms with van der Waals surface area (Å²) in [5, 5.41) is 0. The number of aromatic nitrogens is 2. The second-order valence-corrected chi connectivity index (χ2v) is 4.55. The van der Waals surface area contributed by atoms with Crippen LogP contribution in [0.5, 0.6) is 5.75 Å². The zero-order valence-corrected chi connectivity index (χ0v) is 11.4. The molecule has 1 heterocycles. The van der Waals surface area contributed by atoms with Gasteiger partial charge < -0.3 is 15.1 Å². The van der Waals surface area contributed by atoms with Gasteiger partial charge in [-0.05, 0) is 13.2 Å². The standard InChI is InChI=1S/C10H19N5OS/c1-7(5-17-4)15(2)10-8(16-3)9(14-11)12-6-13-10/h6-7H,5,11H2,1-4H3,(H,12,13,14). The number of rotatable bonds is 6. The number of hydrogen-bond acceptors (Lipinski definition) is 7. The molecule has 1 rings (SSSR count). The predicted molar refractivity (Wildman–Crippen MR) is 72.6 cm³/mol. The van der Waals surface area contributed by atoms with Crippen LogP contribution >= 0.6 is 11.8 Å². The van der Waals surface area contributed by atoms with Crippen LogP contribution in [0.1, 0.15) is 6.92 Å². The Morgan fingerprint density at radius 2 is 2.29 bits per heavy atom. The molecule has 0 radical (unpaired) electrons. The Morgan fingerprint density at radius 1 is 1.59 bits per heavy atom. The molecule has 0 aliphatic heterocycles. The fraction of sp³-hybridized carbons (Fsp3) is 0.600. The minimum atomic E-state index is 0.347. The Hall–Kier alpha value is -1.21. The van der Waals surface area contributed by atoms with Gasteiger partial charge in [0, 0.05) is 18.8 Å². The molecule has 96 valence electrons. The van der Waals surface area contributed by atoms with E-state index in [1.165, 1.54) is 6.33 Å². The van der Waals surface area contributed by atoms with Crippen LogP contribution in [0.2, 0.25) is 0 Å². The molecule has 0 aliphatic rings. The number of thioether (sulfide) groups is 1. The highest BCUT2D eigenvalue weighted by molar-refractivity contribution is 7.98. The number of ether oxygens (including phenoxy) is 1. The van der Waals surface area contributed by atoms with Gasteiger partial charge >= 0.3 is 0 Å². The molecule has 6 nitrogen and oxygen atoms in total. The summed E-state index contributed by atoms with van der Waals surface area (Å²) in [5.41, 5.74) is 2.50. The number of nitrogens with zero attached hydrogens (tertiary/aromatic N) is 3. The number of nitrogens with one attached hydrogen (secondary N) is 1. The number of nitrogens with two attached hydrogens (primary N) is 1. The van der Waals surface area contributed by atoms with Crippen LogP contribution in [0, 0.1) is 0 Å². The molecule has 1 atom stereocenters. The van der Waals surface area contributed by atoms with Crippen molar-refractivity contribution in [1.29, 1.82) is 0 Å². The summed E-state index contributed by atoms with van der Waals surface area (Å²) in [5.74, 6) is 8.18. The van der Waals surface area contributed by atoms with E-state index in [0.717, 1.165) is 11.6 Å². The second kappa shape index (κ2) is 6.51. The van der Waals surface area contributed by atoms with Crippen molar-refractivity contribution in [2.45, 2.75) is 13.0 Å². The fourth-order valence-corrected chi connectivity index (χ4v) is 2.17. The van der Waals surface area contributed by atoms with Crippen molar-refractivity contribution in [3.05, 3.63) is 6.33 Å². The van der Waals surface area contributed by atoms with E-state index >= 15 is 0 Å². The first-order chi connectivity index (χ1) is 8.15. The zero-order chi connectivity index (χ0) is 12.8. The van der Waals surface area contributed by atoms with Crippen LogP contribution < -0.4 is 20.9 Å². The fourth-order valence-electron chi connectivity index (χ4n) is 1.47. The SMILES string of the molecule is COc1c(NN)ncnc1N(C)C(C)CSC. The van der Waals surface area contributed by atoms with Crippen LogP contribution in [0.4, 0.5) is 11.6 Å². The van der Waals surface area contributed by atoms with E-state index in [1.807, 2.05) is 7.05 Å².